The number of nitrogens with one attached hydrogen (secondary N) is 1. The Morgan fingerprint density at radius 1 is 1.33 bits per heavy atom. The van der Waals surface area contributed by atoms with Crippen LogP contribution in [-0.4, -0.2) is 22.6 Å². The zero-order chi connectivity index (χ0) is 14.8. The number of carboxylic acids is 1. The molecule has 21 heavy (non-hydrogen) atoms. The summed E-state index contributed by atoms with van der Waals surface area (Å²) < 4.78 is 0. The monoisotopic (exact) mass is 284 g/mol. The molecule has 2 aromatic rings. The first-order valence-electron chi connectivity index (χ1n) is 7.50. The van der Waals surface area contributed by atoms with Gasteiger partial charge in [-0.15, -0.1) is 0 Å². The summed E-state index contributed by atoms with van der Waals surface area (Å²) in [5.74, 6) is 1.47. The predicted molar refractivity (Wildman–Crippen MR) is 83.7 cm³/mol. The minimum absolute atomic E-state index is 0.302. The second kappa shape index (κ2) is 5.72. The highest BCUT2D eigenvalue weighted by Crippen LogP contribution is 2.30. The molecule has 1 aliphatic carbocycles. The van der Waals surface area contributed by atoms with Crippen LogP contribution in [0.1, 0.15) is 36.5 Å². The largest absolute Gasteiger partial charge is 0.478 e. The predicted octanol–water partition coefficient (Wildman–Crippen LogP) is 3.78. The van der Waals surface area contributed by atoms with E-state index in [1.165, 1.54) is 19.3 Å². The summed E-state index contributed by atoms with van der Waals surface area (Å²) in [6.45, 7) is 3.25. The van der Waals surface area contributed by atoms with Crippen LogP contribution in [0.4, 0.5) is 5.82 Å². The number of aromatic nitrogens is 1. The van der Waals surface area contributed by atoms with E-state index >= 15 is 0 Å². The summed E-state index contributed by atoms with van der Waals surface area (Å²) in [6.07, 6.45) is 3.88. The van der Waals surface area contributed by atoms with E-state index in [9.17, 15) is 9.90 Å². The lowest BCUT2D eigenvalue weighted by Crippen LogP contribution is -2.12. The van der Waals surface area contributed by atoms with Crippen molar-refractivity contribution in [2.45, 2.75) is 26.2 Å². The fourth-order valence-electron chi connectivity index (χ4n) is 3.20. The lowest BCUT2D eigenvalue weighted by atomic mass is 10.1. The van der Waals surface area contributed by atoms with Crippen LogP contribution in [0.3, 0.4) is 0 Å². The SMILES string of the molecule is CC1CCC(CNc2ccc3c(C(=O)O)cccc3n2)C1. The van der Waals surface area contributed by atoms with Gasteiger partial charge in [0.2, 0.25) is 0 Å². The van der Waals surface area contributed by atoms with Crippen LogP contribution in [0.25, 0.3) is 10.9 Å². The second-order valence-corrected chi connectivity index (χ2v) is 6.04. The molecule has 0 spiro atoms. The Kier molecular flexibility index (Phi) is 3.78. The molecule has 2 N–H and O–H groups in total. The Balaban J connectivity index is 1.77. The number of benzene rings is 1. The minimum atomic E-state index is -0.914. The van der Waals surface area contributed by atoms with Gasteiger partial charge in [0.1, 0.15) is 5.82 Å². The maximum absolute atomic E-state index is 11.2. The molecule has 4 nitrogen and oxygen atoms in total. The van der Waals surface area contributed by atoms with Gasteiger partial charge in [0, 0.05) is 11.9 Å². The highest BCUT2D eigenvalue weighted by molar-refractivity contribution is 6.02. The lowest BCUT2D eigenvalue weighted by molar-refractivity contribution is 0.0699. The lowest BCUT2D eigenvalue weighted by Gasteiger charge is -2.12. The Morgan fingerprint density at radius 2 is 2.19 bits per heavy atom. The number of hydrogen-bond acceptors (Lipinski definition) is 3. The molecule has 0 saturated heterocycles. The fraction of sp³-hybridized carbons (Fsp3) is 0.412. The standard InChI is InChI=1S/C17H20N2O2/c1-11-5-6-12(9-11)10-18-16-8-7-13-14(17(20)21)3-2-4-15(13)19-16/h2-4,7-8,11-12H,5-6,9-10H2,1H3,(H,18,19)(H,20,21). The van der Waals surface area contributed by atoms with Crippen LogP contribution in [0.15, 0.2) is 30.3 Å². The summed E-state index contributed by atoms with van der Waals surface area (Å²) in [7, 11) is 0. The highest BCUT2D eigenvalue weighted by Gasteiger charge is 2.20. The number of carbonyl (C=O) groups is 1. The summed E-state index contributed by atoms with van der Waals surface area (Å²) in [5.41, 5.74) is 1.02. The Bertz CT molecular complexity index is 669. The van der Waals surface area contributed by atoms with Crippen LogP contribution in [0.5, 0.6) is 0 Å². The van der Waals surface area contributed by atoms with Gasteiger partial charge in [-0.05, 0) is 48.9 Å². The molecule has 1 heterocycles. The van der Waals surface area contributed by atoms with E-state index in [2.05, 4.69) is 17.2 Å². The zero-order valence-corrected chi connectivity index (χ0v) is 12.2. The van der Waals surface area contributed by atoms with Crippen LogP contribution in [0.2, 0.25) is 0 Å². The van der Waals surface area contributed by atoms with Crippen molar-refractivity contribution in [1.29, 1.82) is 0 Å². The van der Waals surface area contributed by atoms with Gasteiger partial charge in [-0.25, -0.2) is 9.78 Å². The average molecular weight is 284 g/mol. The molecule has 1 aromatic heterocycles. The molecule has 1 saturated carbocycles. The van der Waals surface area contributed by atoms with Crippen molar-refractivity contribution in [2.24, 2.45) is 11.8 Å². The number of anilines is 1. The van der Waals surface area contributed by atoms with E-state index in [0.717, 1.165) is 29.7 Å². The van der Waals surface area contributed by atoms with Crippen molar-refractivity contribution in [1.82, 2.24) is 4.98 Å². The van der Waals surface area contributed by atoms with Crippen molar-refractivity contribution in [3.63, 3.8) is 0 Å². The molecule has 0 bridgehead atoms. The van der Waals surface area contributed by atoms with Gasteiger partial charge < -0.3 is 10.4 Å². The Hall–Kier alpha value is -2.10. The van der Waals surface area contributed by atoms with Crippen LogP contribution >= 0.6 is 0 Å². The number of hydrogen-bond donors (Lipinski definition) is 2. The second-order valence-electron chi connectivity index (χ2n) is 6.04. The van der Waals surface area contributed by atoms with Gasteiger partial charge in [-0.2, -0.15) is 0 Å². The molecule has 110 valence electrons. The molecule has 0 radical (unpaired) electrons. The van der Waals surface area contributed by atoms with Gasteiger partial charge in [0.05, 0.1) is 11.1 Å². The number of rotatable bonds is 4. The van der Waals surface area contributed by atoms with E-state index in [1.54, 1.807) is 12.1 Å². The smallest absolute Gasteiger partial charge is 0.336 e. The first-order valence-corrected chi connectivity index (χ1v) is 7.50. The van der Waals surface area contributed by atoms with Crippen molar-refractivity contribution < 1.29 is 9.90 Å². The first-order chi connectivity index (χ1) is 10.1. The molecule has 4 heteroatoms. The number of pyridine rings is 1. The molecule has 0 aliphatic heterocycles. The van der Waals surface area contributed by atoms with Gasteiger partial charge >= 0.3 is 5.97 Å². The molecular weight excluding hydrogens is 264 g/mol. The van der Waals surface area contributed by atoms with Crippen molar-refractivity contribution in [3.8, 4) is 0 Å². The van der Waals surface area contributed by atoms with E-state index in [1.807, 2.05) is 18.2 Å². The van der Waals surface area contributed by atoms with E-state index in [4.69, 9.17) is 0 Å². The van der Waals surface area contributed by atoms with E-state index in [0.29, 0.717) is 10.9 Å². The summed E-state index contributed by atoms with van der Waals surface area (Å²) in [6, 6.07) is 8.91. The average Bonchev–Trinajstić information content (AvgIpc) is 2.89. The fourth-order valence-corrected chi connectivity index (χ4v) is 3.20. The van der Waals surface area contributed by atoms with Gasteiger partial charge in [0.25, 0.3) is 0 Å². The summed E-state index contributed by atoms with van der Waals surface area (Å²) in [5, 5.41) is 13.3. The molecule has 0 amide bonds. The topological polar surface area (TPSA) is 62.2 Å². The van der Waals surface area contributed by atoms with Gasteiger partial charge in [-0.1, -0.05) is 19.4 Å². The van der Waals surface area contributed by atoms with E-state index in [-0.39, 0.29) is 0 Å². The number of carboxylic acid groups (broad SMARTS) is 1. The summed E-state index contributed by atoms with van der Waals surface area (Å²) >= 11 is 0. The van der Waals surface area contributed by atoms with Gasteiger partial charge in [0.15, 0.2) is 0 Å². The Morgan fingerprint density at radius 3 is 2.90 bits per heavy atom. The number of nitrogens with zero attached hydrogens (tertiary/aromatic N) is 1. The molecule has 3 rings (SSSR count). The molecule has 1 aromatic carbocycles. The molecule has 1 fully saturated rings. The molecule has 2 atom stereocenters. The quantitative estimate of drug-likeness (QED) is 0.897. The minimum Gasteiger partial charge on any atom is -0.478 e. The first kappa shape index (κ1) is 13.9. The maximum atomic E-state index is 11.2. The van der Waals surface area contributed by atoms with Crippen LogP contribution in [0, 0.1) is 11.8 Å². The maximum Gasteiger partial charge on any atom is 0.336 e. The van der Waals surface area contributed by atoms with Gasteiger partial charge in [-0.3, -0.25) is 0 Å². The normalized spacial score (nSPS) is 21.6. The molecular formula is C17H20N2O2. The number of fused-ring (bicyclic) bond motifs is 1. The van der Waals surface area contributed by atoms with Crippen molar-refractivity contribution >= 4 is 22.7 Å². The van der Waals surface area contributed by atoms with Crippen LogP contribution in [-0.2, 0) is 0 Å². The van der Waals surface area contributed by atoms with E-state index < -0.39 is 5.97 Å². The Labute approximate surface area is 124 Å². The van der Waals surface area contributed by atoms with Crippen LogP contribution < -0.4 is 5.32 Å². The highest BCUT2D eigenvalue weighted by atomic mass is 16.4. The van der Waals surface area contributed by atoms with Crippen molar-refractivity contribution in [3.05, 3.63) is 35.9 Å². The third-order valence-electron chi connectivity index (χ3n) is 4.34. The number of aromatic carboxylic acids is 1. The third-order valence-corrected chi connectivity index (χ3v) is 4.34. The molecule has 2 unspecified atom stereocenters. The van der Waals surface area contributed by atoms with Crippen molar-refractivity contribution in [2.75, 3.05) is 11.9 Å². The third kappa shape index (κ3) is 2.99. The zero-order valence-electron chi connectivity index (χ0n) is 12.2. The summed E-state index contributed by atoms with van der Waals surface area (Å²) in [4.78, 5) is 15.7. The molecule has 1 aliphatic rings.